The third kappa shape index (κ3) is 2.70. The zero-order chi connectivity index (χ0) is 14.1. The van der Waals surface area contributed by atoms with Crippen molar-refractivity contribution in [3.05, 3.63) is 35.1 Å². The largest absolute Gasteiger partial charge is 0.480 e. The molecule has 0 fully saturated rings. The first-order chi connectivity index (χ1) is 8.17. The van der Waals surface area contributed by atoms with Crippen LogP contribution in [0.2, 0.25) is 0 Å². The summed E-state index contributed by atoms with van der Waals surface area (Å²) in [7, 11) is 1.76. The number of rotatable bonds is 4. The summed E-state index contributed by atoms with van der Waals surface area (Å²) in [6.45, 7) is 6.93. The second-order valence-electron chi connectivity index (χ2n) is 5.16. The van der Waals surface area contributed by atoms with Crippen LogP contribution < -0.4 is 0 Å². The number of carbonyl (C=O) groups is 1. The topological polar surface area (TPSA) is 40.5 Å². The lowest BCUT2D eigenvalue weighted by Crippen LogP contribution is -2.48. The molecule has 3 nitrogen and oxygen atoms in total. The van der Waals surface area contributed by atoms with Gasteiger partial charge in [0.15, 0.2) is 0 Å². The summed E-state index contributed by atoms with van der Waals surface area (Å²) in [6.07, 6.45) is 0. The van der Waals surface area contributed by atoms with Crippen molar-refractivity contribution in [2.45, 2.75) is 39.3 Å². The predicted molar refractivity (Wildman–Crippen MR) is 69.0 cm³/mol. The van der Waals surface area contributed by atoms with Crippen LogP contribution in [0.1, 0.15) is 37.9 Å². The van der Waals surface area contributed by atoms with Crippen LogP contribution in [0.3, 0.4) is 0 Å². The fraction of sp³-hybridized carbons (Fsp3) is 0.500. The van der Waals surface area contributed by atoms with Gasteiger partial charge in [-0.1, -0.05) is 12.1 Å². The van der Waals surface area contributed by atoms with E-state index in [1.807, 2.05) is 6.92 Å². The van der Waals surface area contributed by atoms with E-state index in [1.165, 1.54) is 6.07 Å². The minimum absolute atomic E-state index is 0.101. The summed E-state index contributed by atoms with van der Waals surface area (Å²) in [5.74, 6) is -1.12. The second kappa shape index (κ2) is 5.06. The Hall–Kier alpha value is -1.42. The number of likely N-dealkylation sites (N-methyl/N-ethyl adjacent to an activating group) is 1. The Morgan fingerprint density at radius 1 is 1.44 bits per heavy atom. The van der Waals surface area contributed by atoms with Crippen LogP contribution in [0.15, 0.2) is 18.2 Å². The third-order valence-corrected chi connectivity index (χ3v) is 3.65. The van der Waals surface area contributed by atoms with E-state index < -0.39 is 11.5 Å². The standard InChI is InChI=1S/C14H20FNO2/c1-9-8-11(6-7-12(9)15)10(2)16(5)14(3,4)13(17)18/h6-8,10H,1-5H3,(H,17,18). The molecule has 0 aromatic heterocycles. The number of benzene rings is 1. The second-order valence-corrected chi connectivity index (χ2v) is 5.16. The maximum atomic E-state index is 13.2. The van der Waals surface area contributed by atoms with Crippen molar-refractivity contribution < 1.29 is 14.3 Å². The van der Waals surface area contributed by atoms with Gasteiger partial charge in [-0.25, -0.2) is 4.39 Å². The average molecular weight is 253 g/mol. The first-order valence-corrected chi connectivity index (χ1v) is 5.90. The van der Waals surface area contributed by atoms with E-state index in [0.717, 1.165) is 5.56 Å². The van der Waals surface area contributed by atoms with Gasteiger partial charge in [0.25, 0.3) is 0 Å². The number of nitrogens with zero attached hydrogens (tertiary/aromatic N) is 1. The lowest BCUT2D eigenvalue weighted by molar-refractivity contribution is -0.149. The molecule has 1 aromatic carbocycles. The molecule has 4 heteroatoms. The van der Waals surface area contributed by atoms with Crippen molar-refractivity contribution in [1.29, 1.82) is 0 Å². The molecule has 1 rings (SSSR count). The monoisotopic (exact) mass is 253 g/mol. The lowest BCUT2D eigenvalue weighted by Gasteiger charge is -2.36. The number of halogens is 1. The molecule has 1 aromatic rings. The molecule has 0 radical (unpaired) electrons. The van der Waals surface area contributed by atoms with Gasteiger partial charge >= 0.3 is 5.97 Å². The fourth-order valence-electron chi connectivity index (χ4n) is 1.79. The number of aryl methyl sites for hydroxylation is 1. The van der Waals surface area contributed by atoms with Gasteiger partial charge in [-0.3, -0.25) is 9.69 Å². The molecule has 1 N–H and O–H groups in total. The molecule has 1 atom stereocenters. The molecule has 1 unspecified atom stereocenters. The summed E-state index contributed by atoms with van der Waals surface area (Å²) >= 11 is 0. The van der Waals surface area contributed by atoms with E-state index in [9.17, 15) is 14.3 Å². The fourth-order valence-corrected chi connectivity index (χ4v) is 1.79. The first-order valence-electron chi connectivity index (χ1n) is 5.90. The van der Waals surface area contributed by atoms with E-state index in [4.69, 9.17) is 0 Å². The van der Waals surface area contributed by atoms with Gasteiger partial charge in [0, 0.05) is 6.04 Å². The minimum Gasteiger partial charge on any atom is -0.480 e. The smallest absolute Gasteiger partial charge is 0.323 e. The lowest BCUT2D eigenvalue weighted by atomic mass is 9.97. The number of aliphatic carboxylic acids is 1. The summed E-state index contributed by atoms with van der Waals surface area (Å²) in [6, 6.07) is 4.77. The van der Waals surface area contributed by atoms with Crippen molar-refractivity contribution in [3.63, 3.8) is 0 Å². The van der Waals surface area contributed by atoms with Gasteiger partial charge in [-0.2, -0.15) is 0 Å². The molecule has 0 saturated heterocycles. The highest BCUT2D eigenvalue weighted by atomic mass is 19.1. The summed E-state index contributed by atoms with van der Waals surface area (Å²) < 4.78 is 13.2. The van der Waals surface area contributed by atoms with Crippen LogP contribution in [-0.2, 0) is 4.79 Å². The average Bonchev–Trinajstić information content (AvgIpc) is 2.30. The van der Waals surface area contributed by atoms with Gasteiger partial charge in [-0.05, 0) is 51.9 Å². The van der Waals surface area contributed by atoms with Crippen LogP contribution >= 0.6 is 0 Å². The molecule has 0 aliphatic heterocycles. The zero-order valence-electron chi connectivity index (χ0n) is 11.5. The van der Waals surface area contributed by atoms with E-state index >= 15 is 0 Å². The number of carboxylic acid groups (broad SMARTS) is 1. The molecule has 0 heterocycles. The minimum atomic E-state index is -0.971. The van der Waals surface area contributed by atoms with Crippen LogP contribution in [0.5, 0.6) is 0 Å². The van der Waals surface area contributed by atoms with Crippen molar-refractivity contribution in [3.8, 4) is 0 Å². The van der Waals surface area contributed by atoms with Gasteiger partial charge in [0.05, 0.1) is 0 Å². The quantitative estimate of drug-likeness (QED) is 0.896. The van der Waals surface area contributed by atoms with Crippen molar-refractivity contribution in [2.24, 2.45) is 0 Å². The van der Waals surface area contributed by atoms with Gasteiger partial charge < -0.3 is 5.11 Å². The maximum absolute atomic E-state index is 13.2. The Kier molecular flexibility index (Phi) is 4.12. The number of hydrogen-bond acceptors (Lipinski definition) is 2. The SMILES string of the molecule is Cc1cc(C(C)N(C)C(C)(C)C(=O)O)ccc1F. The van der Waals surface area contributed by atoms with Crippen molar-refractivity contribution >= 4 is 5.97 Å². The van der Waals surface area contributed by atoms with E-state index in [2.05, 4.69) is 0 Å². The molecular weight excluding hydrogens is 233 g/mol. The van der Waals surface area contributed by atoms with Gasteiger partial charge in [0.2, 0.25) is 0 Å². The Balaban J connectivity index is 3.03. The summed E-state index contributed by atoms with van der Waals surface area (Å²) in [5.41, 5.74) is 0.508. The Morgan fingerprint density at radius 3 is 2.44 bits per heavy atom. The predicted octanol–water partition coefficient (Wildman–Crippen LogP) is 2.99. The van der Waals surface area contributed by atoms with Crippen LogP contribution in [0, 0.1) is 12.7 Å². The zero-order valence-corrected chi connectivity index (χ0v) is 11.5. The van der Waals surface area contributed by atoms with Gasteiger partial charge in [-0.15, -0.1) is 0 Å². The van der Waals surface area contributed by atoms with Crippen LogP contribution in [0.25, 0.3) is 0 Å². The van der Waals surface area contributed by atoms with Crippen LogP contribution in [0.4, 0.5) is 4.39 Å². The molecule has 0 aliphatic rings. The Labute approximate surface area is 107 Å². The number of carboxylic acids is 1. The highest BCUT2D eigenvalue weighted by molar-refractivity contribution is 5.77. The first kappa shape index (κ1) is 14.6. The summed E-state index contributed by atoms with van der Waals surface area (Å²) in [4.78, 5) is 13.0. The molecule has 18 heavy (non-hydrogen) atoms. The number of hydrogen-bond donors (Lipinski definition) is 1. The maximum Gasteiger partial charge on any atom is 0.323 e. The third-order valence-electron chi connectivity index (χ3n) is 3.65. The van der Waals surface area contributed by atoms with E-state index in [-0.39, 0.29) is 11.9 Å². The molecule has 0 bridgehead atoms. The van der Waals surface area contributed by atoms with Crippen LogP contribution in [-0.4, -0.2) is 28.6 Å². The van der Waals surface area contributed by atoms with Gasteiger partial charge in [0.1, 0.15) is 11.4 Å². The normalized spacial score (nSPS) is 13.7. The van der Waals surface area contributed by atoms with Crippen molar-refractivity contribution in [2.75, 3.05) is 7.05 Å². The molecule has 0 aliphatic carbocycles. The van der Waals surface area contributed by atoms with E-state index in [1.54, 1.807) is 44.9 Å². The molecule has 100 valence electrons. The Bertz CT molecular complexity index is 457. The Morgan fingerprint density at radius 2 is 2.00 bits per heavy atom. The molecule has 0 saturated carbocycles. The van der Waals surface area contributed by atoms with Crippen molar-refractivity contribution in [1.82, 2.24) is 4.90 Å². The van der Waals surface area contributed by atoms with E-state index in [0.29, 0.717) is 5.56 Å². The molecule has 0 amide bonds. The molecular formula is C14H20FNO2. The highest BCUT2D eigenvalue weighted by Gasteiger charge is 2.35. The summed E-state index contributed by atoms with van der Waals surface area (Å²) in [5, 5.41) is 9.20. The highest BCUT2D eigenvalue weighted by Crippen LogP contribution is 2.27. The molecule has 0 spiro atoms.